The van der Waals surface area contributed by atoms with Crippen molar-refractivity contribution in [3.8, 4) is 0 Å². The lowest BCUT2D eigenvalue weighted by atomic mass is 10.2. The predicted octanol–water partition coefficient (Wildman–Crippen LogP) is -1.13. The van der Waals surface area contributed by atoms with Crippen LogP contribution in [-0.2, 0) is 9.53 Å². The third kappa shape index (κ3) is 3.93. The highest BCUT2D eigenvalue weighted by molar-refractivity contribution is 5.78. The molecule has 0 aromatic carbocycles. The molecule has 0 saturated carbocycles. The molecular formula is C5H11NO3. The Balaban J connectivity index is 3.27. The van der Waals surface area contributed by atoms with Gasteiger partial charge in [-0.15, -0.1) is 0 Å². The maximum Gasteiger partial charge on any atom is 0.246 e. The van der Waals surface area contributed by atoms with E-state index in [4.69, 9.17) is 10.8 Å². The lowest BCUT2D eigenvalue weighted by molar-refractivity contribution is -0.126. The quantitative estimate of drug-likeness (QED) is 0.509. The highest BCUT2D eigenvalue weighted by Crippen LogP contribution is 1.88. The van der Waals surface area contributed by atoms with Crippen LogP contribution in [-0.4, -0.2) is 30.8 Å². The van der Waals surface area contributed by atoms with Crippen molar-refractivity contribution in [2.75, 3.05) is 13.7 Å². The first-order valence-corrected chi connectivity index (χ1v) is 2.64. The van der Waals surface area contributed by atoms with E-state index in [0.29, 0.717) is 6.61 Å². The Morgan fingerprint density at radius 3 is 2.78 bits per heavy atom. The van der Waals surface area contributed by atoms with Gasteiger partial charge in [-0.2, -0.15) is 0 Å². The molecule has 0 spiro atoms. The number of hydrogen-bond donors (Lipinski definition) is 2. The molecule has 0 fully saturated rings. The zero-order chi connectivity index (χ0) is 7.28. The van der Waals surface area contributed by atoms with Gasteiger partial charge in [0.1, 0.15) is 6.10 Å². The third-order valence-electron chi connectivity index (χ3n) is 0.924. The zero-order valence-electron chi connectivity index (χ0n) is 5.33. The fourth-order valence-electron chi connectivity index (χ4n) is 0.372. The lowest BCUT2D eigenvalue weighted by Crippen LogP contribution is -2.29. The summed E-state index contributed by atoms with van der Waals surface area (Å²) in [5.74, 6) is -0.702. The first-order chi connectivity index (χ1) is 4.18. The van der Waals surface area contributed by atoms with E-state index in [9.17, 15) is 4.79 Å². The highest BCUT2D eigenvalue weighted by atomic mass is 16.5. The molecule has 0 heterocycles. The molecule has 0 aliphatic rings. The van der Waals surface area contributed by atoms with Gasteiger partial charge in [-0.3, -0.25) is 4.79 Å². The summed E-state index contributed by atoms with van der Waals surface area (Å²) in [6.45, 7) is 0.351. The number of rotatable bonds is 4. The number of hydrogen-bond acceptors (Lipinski definition) is 3. The van der Waals surface area contributed by atoms with E-state index in [1.165, 1.54) is 7.11 Å². The molecule has 4 nitrogen and oxygen atoms in total. The number of carbonyl (C=O) groups excluding carboxylic acids is 1. The number of methoxy groups -OCH3 is 1. The summed E-state index contributed by atoms with van der Waals surface area (Å²) in [6.07, 6.45) is -0.795. The molecule has 0 aliphatic heterocycles. The topological polar surface area (TPSA) is 72.6 Å². The number of ether oxygens (including phenoxy) is 1. The van der Waals surface area contributed by atoms with Gasteiger partial charge in [0.15, 0.2) is 0 Å². The van der Waals surface area contributed by atoms with Crippen LogP contribution in [0.4, 0.5) is 0 Å². The molecule has 0 radical (unpaired) electrons. The molecular weight excluding hydrogens is 122 g/mol. The summed E-state index contributed by atoms with van der Waals surface area (Å²) in [4.78, 5) is 10.1. The minimum atomic E-state index is -1.06. The van der Waals surface area contributed by atoms with Crippen LogP contribution in [0.2, 0.25) is 0 Å². The van der Waals surface area contributed by atoms with E-state index in [0.717, 1.165) is 0 Å². The normalized spacial score (nSPS) is 13.1. The number of primary amides is 1. The Labute approximate surface area is 53.6 Å². The number of aliphatic hydroxyl groups excluding tert-OH is 1. The van der Waals surface area contributed by atoms with Crippen molar-refractivity contribution in [3.63, 3.8) is 0 Å². The van der Waals surface area contributed by atoms with E-state index in [2.05, 4.69) is 4.74 Å². The van der Waals surface area contributed by atoms with Crippen LogP contribution in [0.25, 0.3) is 0 Å². The van der Waals surface area contributed by atoms with E-state index >= 15 is 0 Å². The minimum absolute atomic E-state index is 0.270. The van der Waals surface area contributed by atoms with Gasteiger partial charge < -0.3 is 15.6 Å². The molecule has 1 atom stereocenters. The van der Waals surface area contributed by atoms with Crippen molar-refractivity contribution < 1.29 is 14.6 Å². The van der Waals surface area contributed by atoms with E-state index in [-0.39, 0.29) is 6.42 Å². The molecule has 4 heteroatoms. The Hall–Kier alpha value is -0.610. The molecule has 0 aromatic rings. The Bertz CT molecular complexity index is 94.2. The van der Waals surface area contributed by atoms with Gasteiger partial charge in [0.2, 0.25) is 5.91 Å². The van der Waals surface area contributed by atoms with E-state index < -0.39 is 12.0 Å². The van der Waals surface area contributed by atoms with Gasteiger partial charge in [-0.25, -0.2) is 0 Å². The van der Waals surface area contributed by atoms with Crippen molar-refractivity contribution in [1.29, 1.82) is 0 Å². The standard InChI is InChI=1S/C5H11NO3/c1-9-3-2-4(7)5(6)8/h4,7H,2-3H2,1H3,(H2,6,8)/t4-/m0/s1. The number of aliphatic hydroxyl groups is 1. The smallest absolute Gasteiger partial charge is 0.246 e. The number of amides is 1. The molecule has 0 saturated heterocycles. The van der Waals surface area contributed by atoms with Crippen LogP contribution in [0.3, 0.4) is 0 Å². The van der Waals surface area contributed by atoms with Gasteiger partial charge in [-0.1, -0.05) is 0 Å². The minimum Gasteiger partial charge on any atom is -0.385 e. The molecule has 0 bridgehead atoms. The Morgan fingerprint density at radius 1 is 1.89 bits per heavy atom. The van der Waals surface area contributed by atoms with Crippen molar-refractivity contribution in [2.45, 2.75) is 12.5 Å². The van der Waals surface area contributed by atoms with Crippen molar-refractivity contribution >= 4 is 5.91 Å². The summed E-state index contributed by atoms with van der Waals surface area (Å²) >= 11 is 0. The van der Waals surface area contributed by atoms with Gasteiger partial charge in [0.25, 0.3) is 0 Å². The van der Waals surface area contributed by atoms with Crippen LogP contribution in [0.5, 0.6) is 0 Å². The predicted molar refractivity (Wildman–Crippen MR) is 31.7 cm³/mol. The molecule has 0 aromatic heterocycles. The second-order valence-corrected chi connectivity index (χ2v) is 1.70. The second-order valence-electron chi connectivity index (χ2n) is 1.70. The molecule has 0 rings (SSSR count). The second kappa shape index (κ2) is 4.29. The van der Waals surface area contributed by atoms with Gasteiger partial charge in [-0.05, 0) is 0 Å². The van der Waals surface area contributed by atoms with Crippen molar-refractivity contribution in [2.24, 2.45) is 5.73 Å². The van der Waals surface area contributed by atoms with Crippen LogP contribution in [0.15, 0.2) is 0 Å². The fraction of sp³-hybridized carbons (Fsp3) is 0.800. The number of nitrogens with two attached hydrogens (primary N) is 1. The summed E-state index contributed by atoms with van der Waals surface area (Å²) in [5, 5.41) is 8.70. The van der Waals surface area contributed by atoms with E-state index in [1.807, 2.05) is 0 Å². The van der Waals surface area contributed by atoms with Crippen molar-refractivity contribution in [1.82, 2.24) is 0 Å². The first kappa shape index (κ1) is 8.39. The fourth-order valence-corrected chi connectivity index (χ4v) is 0.372. The molecule has 0 aliphatic carbocycles. The van der Waals surface area contributed by atoms with E-state index in [1.54, 1.807) is 0 Å². The summed E-state index contributed by atoms with van der Waals surface area (Å²) < 4.78 is 4.59. The van der Waals surface area contributed by atoms with Crippen LogP contribution < -0.4 is 5.73 Å². The van der Waals surface area contributed by atoms with Gasteiger partial charge >= 0.3 is 0 Å². The molecule has 1 amide bonds. The highest BCUT2D eigenvalue weighted by Gasteiger charge is 2.08. The summed E-state index contributed by atoms with van der Waals surface area (Å²) in [5.41, 5.74) is 4.73. The molecule has 3 N–H and O–H groups in total. The number of carbonyl (C=O) groups is 1. The summed E-state index contributed by atoms with van der Waals surface area (Å²) in [6, 6.07) is 0. The lowest BCUT2D eigenvalue weighted by Gasteiger charge is -2.03. The largest absolute Gasteiger partial charge is 0.385 e. The van der Waals surface area contributed by atoms with Crippen molar-refractivity contribution in [3.05, 3.63) is 0 Å². The molecule has 0 unspecified atom stereocenters. The molecule has 54 valence electrons. The Morgan fingerprint density at radius 2 is 2.44 bits per heavy atom. The summed E-state index contributed by atoms with van der Waals surface area (Å²) in [7, 11) is 1.49. The van der Waals surface area contributed by atoms with Gasteiger partial charge in [0, 0.05) is 20.1 Å². The van der Waals surface area contributed by atoms with Crippen LogP contribution in [0.1, 0.15) is 6.42 Å². The average Bonchev–Trinajstić information content (AvgIpc) is 1.82. The van der Waals surface area contributed by atoms with Gasteiger partial charge in [0.05, 0.1) is 0 Å². The zero-order valence-corrected chi connectivity index (χ0v) is 5.33. The maximum absolute atomic E-state index is 10.1. The Kier molecular flexibility index (Phi) is 4.00. The average molecular weight is 133 g/mol. The maximum atomic E-state index is 10.1. The van der Waals surface area contributed by atoms with Crippen LogP contribution >= 0.6 is 0 Å². The van der Waals surface area contributed by atoms with Crippen LogP contribution in [0, 0.1) is 0 Å². The SMILES string of the molecule is COCC[C@H](O)C(N)=O. The molecule has 9 heavy (non-hydrogen) atoms. The third-order valence-corrected chi connectivity index (χ3v) is 0.924. The monoisotopic (exact) mass is 133 g/mol. The first-order valence-electron chi connectivity index (χ1n) is 2.64.